The van der Waals surface area contributed by atoms with Crippen molar-refractivity contribution in [2.24, 2.45) is 0 Å². The summed E-state index contributed by atoms with van der Waals surface area (Å²) in [4.78, 5) is 10.1. The van der Waals surface area contributed by atoms with E-state index in [9.17, 15) is 0 Å². The van der Waals surface area contributed by atoms with Gasteiger partial charge in [0.15, 0.2) is 5.82 Å². The Bertz CT molecular complexity index is 3480. The average Bonchev–Trinajstić information content (AvgIpc) is 3.93. The van der Waals surface area contributed by atoms with Crippen LogP contribution < -0.4 is 0 Å². The van der Waals surface area contributed by atoms with Crippen LogP contribution in [0.1, 0.15) is 0 Å². The normalized spacial score (nSPS) is 12.0. The minimum absolute atomic E-state index is 0.558. The van der Waals surface area contributed by atoms with Crippen LogP contribution in [0.3, 0.4) is 0 Å². The fourth-order valence-electron chi connectivity index (χ4n) is 8.57. The van der Waals surface area contributed by atoms with Gasteiger partial charge in [0, 0.05) is 43.6 Å². The molecule has 0 unspecified atom stereocenters. The second-order valence-electron chi connectivity index (χ2n) is 14.1. The Balaban J connectivity index is 1.14. The van der Waals surface area contributed by atoms with Crippen LogP contribution in [-0.2, 0) is 0 Å². The van der Waals surface area contributed by atoms with Gasteiger partial charge in [-0.1, -0.05) is 140 Å². The highest BCUT2D eigenvalue weighted by Gasteiger charge is 2.23. The predicted octanol–water partition coefficient (Wildman–Crippen LogP) is 13.5. The molecule has 0 fully saturated rings. The maximum absolute atomic E-state index is 6.87. The van der Waals surface area contributed by atoms with Crippen molar-refractivity contribution >= 4 is 76.6 Å². The average molecular weight is 704 g/mol. The lowest BCUT2D eigenvalue weighted by molar-refractivity contribution is 0.653. The van der Waals surface area contributed by atoms with Crippen molar-refractivity contribution in [3.63, 3.8) is 0 Å². The Morgan fingerprint density at radius 2 is 1.15 bits per heavy atom. The summed E-state index contributed by atoms with van der Waals surface area (Å²) in [5.41, 5.74) is 11.2. The van der Waals surface area contributed by atoms with Crippen molar-refractivity contribution < 1.29 is 8.83 Å². The van der Waals surface area contributed by atoms with Crippen molar-refractivity contribution in [1.29, 1.82) is 0 Å². The molecule has 0 spiro atoms. The van der Waals surface area contributed by atoms with E-state index in [1.807, 2.05) is 60.7 Å². The van der Waals surface area contributed by atoms with Crippen molar-refractivity contribution in [2.45, 2.75) is 0 Å². The maximum atomic E-state index is 6.87. The van der Waals surface area contributed by atoms with Crippen LogP contribution in [0.25, 0.3) is 116 Å². The van der Waals surface area contributed by atoms with E-state index in [2.05, 4.69) is 120 Å². The van der Waals surface area contributed by atoms with Crippen LogP contribution in [0.15, 0.2) is 185 Å². The maximum Gasteiger partial charge on any atom is 0.231 e. The lowest BCUT2D eigenvalue weighted by atomic mass is 9.98. The summed E-state index contributed by atoms with van der Waals surface area (Å²) in [7, 11) is 0. The highest BCUT2D eigenvalue weighted by molar-refractivity contribution is 6.21. The summed E-state index contributed by atoms with van der Waals surface area (Å²) >= 11 is 0. The van der Waals surface area contributed by atoms with Gasteiger partial charge in [-0.2, -0.15) is 4.98 Å². The van der Waals surface area contributed by atoms with Crippen molar-refractivity contribution in [1.82, 2.24) is 14.5 Å². The Labute approximate surface area is 314 Å². The first-order valence-corrected chi connectivity index (χ1v) is 18.5. The third-order valence-electron chi connectivity index (χ3n) is 11.0. The molecule has 12 rings (SSSR count). The van der Waals surface area contributed by atoms with Crippen LogP contribution in [0, 0.1) is 0 Å². The third-order valence-corrected chi connectivity index (χ3v) is 11.0. The highest BCUT2D eigenvalue weighted by Crippen LogP contribution is 2.45. The second kappa shape index (κ2) is 11.5. The zero-order valence-corrected chi connectivity index (χ0v) is 29.4. The minimum atomic E-state index is 0.558. The Morgan fingerprint density at radius 3 is 2.00 bits per heavy atom. The van der Waals surface area contributed by atoms with Crippen LogP contribution in [0.2, 0.25) is 0 Å². The van der Waals surface area contributed by atoms with Gasteiger partial charge in [0.1, 0.15) is 16.7 Å². The molecule has 0 radical (unpaired) electrons. The molecular weight excluding hydrogens is 675 g/mol. The van der Waals surface area contributed by atoms with E-state index in [4.69, 9.17) is 18.8 Å². The molecule has 5 nitrogen and oxygen atoms in total. The molecule has 55 heavy (non-hydrogen) atoms. The molecule has 256 valence electrons. The van der Waals surface area contributed by atoms with Gasteiger partial charge in [0.2, 0.25) is 5.71 Å². The van der Waals surface area contributed by atoms with Gasteiger partial charge in [-0.3, -0.25) is 0 Å². The number of rotatable bonds is 4. The topological polar surface area (TPSA) is 57.0 Å². The van der Waals surface area contributed by atoms with Gasteiger partial charge in [0.25, 0.3) is 0 Å². The van der Waals surface area contributed by atoms with E-state index in [0.717, 1.165) is 77.4 Å². The largest absolute Gasteiger partial charge is 0.455 e. The van der Waals surface area contributed by atoms with Gasteiger partial charge in [-0.05, 0) is 47.3 Å². The molecule has 0 aliphatic heterocycles. The lowest BCUT2D eigenvalue weighted by Gasteiger charge is -2.13. The minimum Gasteiger partial charge on any atom is -0.455 e. The number of hydrogen-bond donors (Lipinski definition) is 0. The standard InChI is InChI=1S/C50H29N3O2/c1-3-14-31(15-4-1)46-45-39-29-33(24-28-43(39)55-50(45)52-49(51-46)32-16-5-2-6-17-32)35-26-27-41(44-38-20-10-12-22-42(38)54-48(35)44)53-40-21-11-9-19-36(40)37-25-23-30-13-7-8-18-34(30)47(37)53/h1-29H. The molecule has 5 heteroatoms. The fourth-order valence-corrected chi connectivity index (χ4v) is 8.57. The first-order valence-electron chi connectivity index (χ1n) is 18.5. The van der Waals surface area contributed by atoms with E-state index in [0.29, 0.717) is 11.5 Å². The summed E-state index contributed by atoms with van der Waals surface area (Å²) in [5, 5.41) is 8.85. The smallest absolute Gasteiger partial charge is 0.231 e. The molecule has 0 aliphatic rings. The molecule has 0 aliphatic carbocycles. The lowest BCUT2D eigenvalue weighted by Crippen LogP contribution is -1.96. The first-order chi connectivity index (χ1) is 27.3. The van der Waals surface area contributed by atoms with Crippen LogP contribution in [0.4, 0.5) is 0 Å². The Morgan fingerprint density at radius 1 is 0.436 bits per heavy atom. The zero-order chi connectivity index (χ0) is 36.0. The SMILES string of the molecule is c1ccc(-c2nc(-c3ccccc3)c3c(n2)oc2ccc(-c4ccc(-n5c6ccccc6c6ccc7ccccc7c65)c5c4oc4ccccc45)cc23)cc1. The molecule has 0 N–H and O–H groups in total. The molecular formula is C50H29N3O2. The number of fused-ring (bicyclic) bond motifs is 11. The molecule has 4 aromatic heterocycles. The highest BCUT2D eigenvalue weighted by atomic mass is 16.3. The first kappa shape index (κ1) is 30.0. The number of para-hydroxylation sites is 2. The van der Waals surface area contributed by atoms with Crippen molar-refractivity contribution in [3.05, 3.63) is 176 Å². The number of nitrogens with zero attached hydrogens (tertiary/aromatic N) is 3. The van der Waals surface area contributed by atoms with Crippen LogP contribution in [0.5, 0.6) is 0 Å². The number of furan rings is 2. The number of aromatic nitrogens is 3. The zero-order valence-electron chi connectivity index (χ0n) is 29.4. The van der Waals surface area contributed by atoms with E-state index < -0.39 is 0 Å². The van der Waals surface area contributed by atoms with Crippen molar-refractivity contribution in [3.8, 4) is 39.5 Å². The van der Waals surface area contributed by atoms with Crippen molar-refractivity contribution in [2.75, 3.05) is 0 Å². The summed E-state index contributed by atoms with van der Waals surface area (Å²) in [6.07, 6.45) is 0. The van der Waals surface area contributed by atoms with Gasteiger partial charge >= 0.3 is 0 Å². The van der Waals surface area contributed by atoms with E-state index in [1.165, 1.54) is 27.1 Å². The third kappa shape index (κ3) is 4.41. The molecule has 0 saturated heterocycles. The summed E-state index contributed by atoms with van der Waals surface area (Å²) in [6, 6.07) is 61.4. The van der Waals surface area contributed by atoms with E-state index in [-0.39, 0.29) is 0 Å². The van der Waals surface area contributed by atoms with Crippen LogP contribution >= 0.6 is 0 Å². The predicted molar refractivity (Wildman–Crippen MR) is 225 cm³/mol. The molecule has 0 atom stereocenters. The van der Waals surface area contributed by atoms with Gasteiger partial charge in [0.05, 0.1) is 33.2 Å². The number of benzene rings is 8. The van der Waals surface area contributed by atoms with E-state index in [1.54, 1.807) is 0 Å². The Hall–Kier alpha value is -7.50. The monoisotopic (exact) mass is 703 g/mol. The summed E-state index contributed by atoms with van der Waals surface area (Å²) < 4.78 is 15.8. The molecule has 8 aromatic carbocycles. The summed E-state index contributed by atoms with van der Waals surface area (Å²) in [5.74, 6) is 0.628. The quantitative estimate of drug-likeness (QED) is 0.183. The Kier molecular flexibility index (Phi) is 6.27. The van der Waals surface area contributed by atoms with Gasteiger partial charge < -0.3 is 13.4 Å². The molecule has 12 aromatic rings. The molecule has 0 amide bonds. The molecule has 0 bridgehead atoms. The van der Waals surface area contributed by atoms with Gasteiger partial charge in [-0.25, -0.2) is 4.98 Å². The van der Waals surface area contributed by atoms with E-state index >= 15 is 0 Å². The summed E-state index contributed by atoms with van der Waals surface area (Å²) in [6.45, 7) is 0. The van der Waals surface area contributed by atoms with Crippen LogP contribution in [-0.4, -0.2) is 14.5 Å². The number of hydrogen-bond acceptors (Lipinski definition) is 4. The second-order valence-corrected chi connectivity index (χ2v) is 14.1. The molecule has 0 saturated carbocycles. The van der Waals surface area contributed by atoms with Gasteiger partial charge in [-0.15, -0.1) is 0 Å². The molecule has 4 heterocycles. The fraction of sp³-hybridized carbons (Fsp3) is 0.